The number of esters is 1. The summed E-state index contributed by atoms with van der Waals surface area (Å²) in [7, 11) is 1.59. The lowest BCUT2D eigenvalue weighted by Gasteiger charge is -2.09. The maximum Gasteiger partial charge on any atom is 0.357 e. The molecule has 0 aliphatic carbocycles. The average Bonchev–Trinajstić information content (AvgIpc) is 2.60. The number of hydrogen-bond acceptors (Lipinski definition) is 5. The van der Waals surface area contributed by atoms with Crippen molar-refractivity contribution in [1.82, 2.24) is 9.97 Å². The van der Waals surface area contributed by atoms with Gasteiger partial charge in [0.2, 0.25) is 0 Å². The Morgan fingerprint density at radius 1 is 1.17 bits per heavy atom. The second-order valence-corrected chi connectivity index (χ2v) is 5.93. The summed E-state index contributed by atoms with van der Waals surface area (Å²) in [5, 5.41) is 0.632. The first kappa shape index (κ1) is 16.4. The van der Waals surface area contributed by atoms with E-state index in [-0.39, 0.29) is 12.3 Å². The Balaban J connectivity index is 2.25. The summed E-state index contributed by atoms with van der Waals surface area (Å²) in [6, 6.07) is 12.9. The molecule has 0 saturated carbocycles. The third-order valence-corrected chi connectivity index (χ3v) is 3.95. The van der Waals surface area contributed by atoms with Gasteiger partial charge in [-0.25, -0.2) is 14.8 Å². The minimum absolute atomic E-state index is 0.250. The zero-order valence-electron chi connectivity index (χ0n) is 13.2. The molecule has 0 aliphatic heterocycles. The number of fused-ring (bicyclic) bond motifs is 1. The van der Waals surface area contributed by atoms with E-state index in [1.165, 1.54) is 0 Å². The molecule has 3 aromatic rings. The van der Waals surface area contributed by atoms with Crippen LogP contribution < -0.4 is 4.74 Å². The van der Waals surface area contributed by atoms with Crippen molar-refractivity contribution >= 4 is 32.8 Å². The van der Waals surface area contributed by atoms with Gasteiger partial charge < -0.3 is 9.47 Å². The third-order valence-electron chi connectivity index (χ3n) is 3.46. The van der Waals surface area contributed by atoms with E-state index in [4.69, 9.17) is 9.47 Å². The summed E-state index contributed by atoms with van der Waals surface area (Å²) in [5.74, 6) is 0.655. The van der Waals surface area contributed by atoms with Crippen LogP contribution >= 0.6 is 15.9 Å². The number of carbonyl (C=O) groups is 1. The van der Waals surface area contributed by atoms with Crippen molar-refractivity contribution in [3.63, 3.8) is 0 Å². The van der Waals surface area contributed by atoms with Crippen molar-refractivity contribution < 1.29 is 14.3 Å². The van der Waals surface area contributed by atoms with Crippen LogP contribution in [0, 0.1) is 0 Å². The highest BCUT2D eigenvalue weighted by Crippen LogP contribution is 2.26. The van der Waals surface area contributed by atoms with Crippen LogP contribution in [0.2, 0.25) is 0 Å². The SMILES string of the molecule is CCOC(=O)c1nc(-c2cccc(Br)c2)nc2cc(OC)ccc12. The molecule has 0 amide bonds. The Morgan fingerprint density at radius 2 is 2.00 bits per heavy atom. The van der Waals surface area contributed by atoms with Crippen LogP contribution in [-0.2, 0) is 4.74 Å². The molecule has 1 aromatic heterocycles. The molecule has 0 fully saturated rings. The van der Waals surface area contributed by atoms with Gasteiger partial charge in [0.1, 0.15) is 5.75 Å². The third kappa shape index (κ3) is 3.23. The van der Waals surface area contributed by atoms with Crippen LogP contribution in [0.25, 0.3) is 22.3 Å². The molecule has 122 valence electrons. The molecule has 0 saturated heterocycles. The van der Waals surface area contributed by atoms with E-state index in [0.717, 1.165) is 10.0 Å². The van der Waals surface area contributed by atoms with Gasteiger partial charge in [0.15, 0.2) is 11.5 Å². The Labute approximate surface area is 147 Å². The summed E-state index contributed by atoms with van der Waals surface area (Å²) in [6.45, 7) is 2.05. The molecule has 0 unspecified atom stereocenters. The monoisotopic (exact) mass is 386 g/mol. The molecule has 0 radical (unpaired) electrons. The Hall–Kier alpha value is -2.47. The Morgan fingerprint density at radius 3 is 2.71 bits per heavy atom. The fraction of sp³-hybridized carbons (Fsp3) is 0.167. The average molecular weight is 387 g/mol. The summed E-state index contributed by atoms with van der Waals surface area (Å²) in [6.07, 6.45) is 0. The number of hydrogen-bond donors (Lipinski definition) is 0. The second kappa shape index (κ2) is 6.97. The van der Waals surface area contributed by atoms with Crippen molar-refractivity contribution in [2.24, 2.45) is 0 Å². The normalized spacial score (nSPS) is 10.6. The van der Waals surface area contributed by atoms with Gasteiger partial charge in [0.05, 0.1) is 19.2 Å². The number of aromatic nitrogens is 2. The van der Waals surface area contributed by atoms with E-state index in [1.807, 2.05) is 24.3 Å². The van der Waals surface area contributed by atoms with Crippen molar-refractivity contribution in [2.75, 3.05) is 13.7 Å². The van der Waals surface area contributed by atoms with Crippen molar-refractivity contribution in [2.45, 2.75) is 6.92 Å². The minimum atomic E-state index is -0.466. The number of halogens is 1. The fourth-order valence-corrected chi connectivity index (χ4v) is 2.75. The molecule has 0 atom stereocenters. The van der Waals surface area contributed by atoms with Gasteiger partial charge in [0.25, 0.3) is 0 Å². The summed E-state index contributed by atoms with van der Waals surface area (Å²) >= 11 is 3.44. The zero-order chi connectivity index (χ0) is 17.1. The lowest BCUT2D eigenvalue weighted by Crippen LogP contribution is -2.09. The van der Waals surface area contributed by atoms with E-state index in [2.05, 4.69) is 25.9 Å². The number of ether oxygens (including phenoxy) is 2. The smallest absolute Gasteiger partial charge is 0.357 e. The second-order valence-electron chi connectivity index (χ2n) is 5.01. The van der Waals surface area contributed by atoms with E-state index in [0.29, 0.717) is 22.5 Å². The molecular weight excluding hydrogens is 372 g/mol. The molecule has 2 aromatic carbocycles. The number of nitrogens with zero attached hydrogens (tertiary/aromatic N) is 2. The number of benzene rings is 2. The number of carbonyl (C=O) groups excluding carboxylic acids is 1. The molecule has 0 bridgehead atoms. The molecule has 0 N–H and O–H groups in total. The summed E-state index contributed by atoms with van der Waals surface area (Å²) < 4.78 is 11.3. The van der Waals surface area contributed by atoms with Crippen LogP contribution in [0.15, 0.2) is 46.9 Å². The highest BCUT2D eigenvalue weighted by atomic mass is 79.9. The first-order chi connectivity index (χ1) is 11.6. The lowest BCUT2D eigenvalue weighted by atomic mass is 10.1. The molecular formula is C18H15BrN2O3. The summed E-state index contributed by atoms with van der Waals surface area (Å²) in [5.41, 5.74) is 1.68. The predicted molar refractivity (Wildman–Crippen MR) is 95.2 cm³/mol. The van der Waals surface area contributed by atoms with Gasteiger partial charge in [0, 0.05) is 21.5 Å². The van der Waals surface area contributed by atoms with Crippen LogP contribution in [0.5, 0.6) is 5.75 Å². The lowest BCUT2D eigenvalue weighted by molar-refractivity contribution is 0.0522. The Bertz CT molecular complexity index is 912. The van der Waals surface area contributed by atoms with Gasteiger partial charge in [-0.15, -0.1) is 0 Å². The maximum atomic E-state index is 12.3. The zero-order valence-corrected chi connectivity index (χ0v) is 14.8. The van der Waals surface area contributed by atoms with Crippen LogP contribution in [-0.4, -0.2) is 29.7 Å². The molecule has 1 heterocycles. The maximum absolute atomic E-state index is 12.3. The van der Waals surface area contributed by atoms with Crippen molar-refractivity contribution in [3.05, 3.63) is 52.6 Å². The molecule has 6 heteroatoms. The first-order valence-electron chi connectivity index (χ1n) is 7.41. The molecule has 24 heavy (non-hydrogen) atoms. The van der Waals surface area contributed by atoms with Crippen LogP contribution in [0.1, 0.15) is 17.4 Å². The first-order valence-corrected chi connectivity index (χ1v) is 8.20. The quantitative estimate of drug-likeness (QED) is 0.627. The molecule has 3 rings (SSSR count). The van der Waals surface area contributed by atoms with E-state index in [1.54, 1.807) is 32.2 Å². The molecule has 0 aliphatic rings. The van der Waals surface area contributed by atoms with Gasteiger partial charge in [-0.3, -0.25) is 0 Å². The van der Waals surface area contributed by atoms with E-state index < -0.39 is 5.97 Å². The summed E-state index contributed by atoms with van der Waals surface area (Å²) in [4.78, 5) is 21.3. The van der Waals surface area contributed by atoms with Crippen LogP contribution in [0.4, 0.5) is 0 Å². The van der Waals surface area contributed by atoms with E-state index >= 15 is 0 Å². The number of methoxy groups -OCH3 is 1. The van der Waals surface area contributed by atoms with Gasteiger partial charge in [-0.05, 0) is 31.2 Å². The standard InChI is InChI=1S/C18H15BrN2O3/c1-3-24-18(22)16-14-8-7-13(23-2)10-15(14)20-17(21-16)11-5-4-6-12(19)9-11/h4-10H,3H2,1-2H3. The van der Waals surface area contributed by atoms with Crippen molar-refractivity contribution in [3.8, 4) is 17.1 Å². The molecule has 5 nitrogen and oxygen atoms in total. The van der Waals surface area contributed by atoms with Gasteiger partial charge >= 0.3 is 5.97 Å². The number of rotatable bonds is 4. The highest BCUT2D eigenvalue weighted by molar-refractivity contribution is 9.10. The van der Waals surface area contributed by atoms with Crippen LogP contribution in [0.3, 0.4) is 0 Å². The molecule has 0 spiro atoms. The fourth-order valence-electron chi connectivity index (χ4n) is 2.35. The highest BCUT2D eigenvalue weighted by Gasteiger charge is 2.17. The predicted octanol–water partition coefficient (Wildman–Crippen LogP) is 4.24. The van der Waals surface area contributed by atoms with Gasteiger partial charge in [-0.1, -0.05) is 28.1 Å². The largest absolute Gasteiger partial charge is 0.497 e. The minimum Gasteiger partial charge on any atom is -0.497 e. The van der Waals surface area contributed by atoms with Crippen molar-refractivity contribution in [1.29, 1.82) is 0 Å². The topological polar surface area (TPSA) is 61.3 Å². The van der Waals surface area contributed by atoms with Gasteiger partial charge in [-0.2, -0.15) is 0 Å². The Kier molecular flexibility index (Phi) is 4.76. The van der Waals surface area contributed by atoms with E-state index in [9.17, 15) is 4.79 Å².